The van der Waals surface area contributed by atoms with E-state index in [4.69, 9.17) is 4.74 Å². The zero-order valence-electron chi connectivity index (χ0n) is 15.5. The molecule has 1 aliphatic carbocycles. The number of likely N-dealkylation sites (tertiary alicyclic amines) is 1. The summed E-state index contributed by atoms with van der Waals surface area (Å²) in [6.07, 6.45) is 7.18. The quantitative estimate of drug-likeness (QED) is 0.849. The van der Waals surface area contributed by atoms with Crippen LogP contribution in [-0.2, 0) is 11.2 Å². The maximum Gasteiger partial charge on any atom is 0.234 e. The molecule has 0 aromatic heterocycles. The number of benzene rings is 1. The van der Waals surface area contributed by atoms with Gasteiger partial charge < -0.3 is 15.2 Å². The van der Waals surface area contributed by atoms with Crippen LogP contribution in [0, 0.1) is 5.92 Å². The molecule has 2 aliphatic heterocycles. The molecule has 1 saturated heterocycles. The number of carbonyl (C=O) groups is 1. The Morgan fingerprint density at radius 1 is 1.23 bits per heavy atom. The summed E-state index contributed by atoms with van der Waals surface area (Å²) in [7, 11) is 0. The smallest absolute Gasteiger partial charge is 0.234 e. The van der Waals surface area contributed by atoms with Crippen molar-refractivity contribution in [3.63, 3.8) is 0 Å². The molecule has 1 aromatic carbocycles. The monoisotopic (exact) mass is 358 g/mol. The van der Waals surface area contributed by atoms with Crippen LogP contribution in [0.2, 0.25) is 0 Å². The van der Waals surface area contributed by atoms with Gasteiger partial charge in [0.15, 0.2) is 0 Å². The van der Waals surface area contributed by atoms with E-state index >= 15 is 0 Å². The lowest BCUT2D eigenvalue weighted by atomic mass is 9.75. The van der Waals surface area contributed by atoms with Gasteiger partial charge in [-0.3, -0.25) is 9.69 Å². The van der Waals surface area contributed by atoms with Crippen molar-refractivity contribution in [1.29, 1.82) is 0 Å². The third kappa shape index (κ3) is 4.04. The molecule has 1 amide bonds. The van der Waals surface area contributed by atoms with Crippen LogP contribution in [-0.4, -0.2) is 48.3 Å². The molecule has 2 fully saturated rings. The van der Waals surface area contributed by atoms with Crippen LogP contribution in [0.3, 0.4) is 0 Å². The van der Waals surface area contributed by atoms with Gasteiger partial charge in [-0.05, 0) is 68.0 Å². The van der Waals surface area contributed by atoms with Gasteiger partial charge in [0.2, 0.25) is 5.91 Å². The summed E-state index contributed by atoms with van der Waals surface area (Å²) in [5.74, 6) is 1.39. The van der Waals surface area contributed by atoms with Crippen molar-refractivity contribution < 1.29 is 14.6 Å². The second-order valence-electron chi connectivity index (χ2n) is 8.09. The van der Waals surface area contributed by atoms with Gasteiger partial charge in [0.1, 0.15) is 5.75 Å². The Labute approximate surface area is 155 Å². The van der Waals surface area contributed by atoms with E-state index in [2.05, 4.69) is 22.3 Å². The Morgan fingerprint density at radius 2 is 2.00 bits per heavy atom. The summed E-state index contributed by atoms with van der Waals surface area (Å²) in [5.41, 5.74) is 2.38. The fourth-order valence-corrected chi connectivity index (χ4v) is 4.49. The molecule has 0 radical (unpaired) electrons. The SMILES string of the molecule is O=C(CN1CCCCCC1)N[C@H](c1ccc2c(c1)CCO2)C1CC(O)C1. The van der Waals surface area contributed by atoms with Crippen LogP contribution in [0.4, 0.5) is 0 Å². The first-order chi connectivity index (χ1) is 12.7. The van der Waals surface area contributed by atoms with Gasteiger partial charge in [-0.1, -0.05) is 18.9 Å². The topological polar surface area (TPSA) is 61.8 Å². The third-order valence-corrected chi connectivity index (χ3v) is 6.08. The Balaban J connectivity index is 1.44. The fraction of sp³-hybridized carbons (Fsp3) is 0.667. The zero-order chi connectivity index (χ0) is 17.9. The highest BCUT2D eigenvalue weighted by atomic mass is 16.5. The van der Waals surface area contributed by atoms with Gasteiger partial charge in [0.05, 0.1) is 25.3 Å². The second-order valence-corrected chi connectivity index (χ2v) is 8.09. The van der Waals surface area contributed by atoms with Crippen molar-refractivity contribution in [1.82, 2.24) is 10.2 Å². The summed E-state index contributed by atoms with van der Waals surface area (Å²) < 4.78 is 5.61. The van der Waals surface area contributed by atoms with Gasteiger partial charge >= 0.3 is 0 Å². The molecule has 0 unspecified atom stereocenters. The number of nitrogens with one attached hydrogen (secondary N) is 1. The van der Waals surface area contributed by atoms with Crippen LogP contribution in [0.5, 0.6) is 5.75 Å². The molecular formula is C21H30N2O3. The standard InChI is InChI=1S/C21H30N2O3/c24-18-12-17(13-18)21(16-5-6-19-15(11-16)7-10-26-19)22-20(25)14-23-8-3-1-2-4-9-23/h5-6,11,17-18,21,24H,1-4,7-10,12-14H2,(H,22,25)/t17?,18?,21-/m1/s1. The molecule has 142 valence electrons. The second kappa shape index (κ2) is 7.97. The summed E-state index contributed by atoms with van der Waals surface area (Å²) in [4.78, 5) is 15.0. The van der Waals surface area contributed by atoms with E-state index < -0.39 is 0 Å². The number of ether oxygens (including phenoxy) is 1. The number of fused-ring (bicyclic) bond motifs is 1. The average molecular weight is 358 g/mol. The first-order valence-corrected chi connectivity index (χ1v) is 10.1. The van der Waals surface area contributed by atoms with Crippen LogP contribution in [0.1, 0.15) is 55.7 Å². The molecule has 0 bridgehead atoms. The van der Waals surface area contributed by atoms with Crippen molar-refractivity contribution in [2.45, 2.75) is 57.1 Å². The minimum Gasteiger partial charge on any atom is -0.493 e. The van der Waals surface area contributed by atoms with Crippen LogP contribution in [0.15, 0.2) is 18.2 Å². The predicted octanol–water partition coefficient (Wildman–Crippen LogP) is 2.43. The number of amides is 1. The van der Waals surface area contributed by atoms with E-state index in [1.165, 1.54) is 31.2 Å². The lowest BCUT2D eigenvalue weighted by molar-refractivity contribution is -0.124. The molecule has 2 heterocycles. The minimum absolute atomic E-state index is 0.0104. The minimum atomic E-state index is -0.220. The summed E-state index contributed by atoms with van der Waals surface area (Å²) in [6, 6.07) is 6.28. The molecule has 1 saturated carbocycles. The molecule has 1 aromatic rings. The normalized spacial score (nSPS) is 27.0. The molecular weight excluding hydrogens is 328 g/mol. The zero-order valence-corrected chi connectivity index (χ0v) is 15.5. The van der Waals surface area contributed by atoms with E-state index in [1.54, 1.807) is 0 Å². The van der Waals surface area contributed by atoms with Gasteiger partial charge in [-0.15, -0.1) is 0 Å². The summed E-state index contributed by atoms with van der Waals surface area (Å²) in [5, 5.41) is 13.0. The molecule has 5 heteroatoms. The van der Waals surface area contributed by atoms with Gasteiger partial charge in [0.25, 0.3) is 0 Å². The molecule has 3 aliphatic rings. The lowest BCUT2D eigenvalue weighted by Crippen LogP contribution is -2.45. The van der Waals surface area contributed by atoms with Crippen LogP contribution >= 0.6 is 0 Å². The number of aliphatic hydroxyl groups excluding tert-OH is 1. The Morgan fingerprint density at radius 3 is 2.73 bits per heavy atom. The predicted molar refractivity (Wildman–Crippen MR) is 100 cm³/mol. The number of nitrogens with zero attached hydrogens (tertiary/aromatic N) is 1. The molecule has 1 atom stereocenters. The molecule has 5 nitrogen and oxygen atoms in total. The number of hydrogen-bond acceptors (Lipinski definition) is 4. The third-order valence-electron chi connectivity index (χ3n) is 6.08. The maximum atomic E-state index is 12.7. The molecule has 4 rings (SSSR count). The average Bonchev–Trinajstić information content (AvgIpc) is 2.93. The molecule has 2 N–H and O–H groups in total. The van der Waals surface area contributed by atoms with E-state index in [1.807, 2.05) is 6.07 Å². The first-order valence-electron chi connectivity index (χ1n) is 10.1. The Hall–Kier alpha value is -1.59. The van der Waals surface area contributed by atoms with Gasteiger partial charge in [-0.25, -0.2) is 0 Å². The number of hydrogen-bond donors (Lipinski definition) is 2. The molecule has 26 heavy (non-hydrogen) atoms. The Kier molecular flexibility index (Phi) is 5.46. The van der Waals surface area contributed by atoms with E-state index in [0.29, 0.717) is 12.5 Å². The first kappa shape index (κ1) is 17.8. The highest BCUT2D eigenvalue weighted by Gasteiger charge is 2.36. The maximum absolute atomic E-state index is 12.7. The van der Waals surface area contributed by atoms with E-state index in [9.17, 15) is 9.90 Å². The van der Waals surface area contributed by atoms with E-state index in [0.717, 1.165) is 50.3 Å². The summed E-state index contributed by atoms with van der Waals surface area (Å²) >= 11 is 0. The lowest BCUT2D eigenvalue weighted by Gasteiger charge is -2.38. The van der Waals surface area contributed by atoms with Gasteiger partial charge in [-0.2, -0.15) is 0 Å². The highest BCUT2D eigenvalue weighted by molar-refractivity contribution is 5.78. The van der Waals surface area contributed by atoms with Crippen molar-refractivity contribution in [2.24, 2.45) is 5.92 Å². The highest BCUT2D eigenvalue weighted by Crippen LogP contribution is 2.39. The van der Waals surface area contributed by atoms with Crippen molar-refractivity contribution in [2.75, 3.05) is 26.2 Å². The van der Waals surface area contributed by atoms with Crippen LogP contribution in [0.25, 0.3) is 0 Å². The number of rotatable bonds is 5. The number of carbonyl (C=O) groups excluding carboxylic acids is 1. The fourth-order valence-electron chi connectivity index (χ4n) is 4.49. The van der Waals surface area contributed by atoms with Crippen molar-refractivity contribution >= 4 is 5.91 Å². The van der Waals surface area contributed by atoms with Crippen LogP contribution < -0.4 is 10.1 Å². The van der Waals surface area contributed by atoms with Gasteiger partial charge in [0, 0.05) is 6.42 Å². The largest absolute Gasteiger partial charge is 0.493 e. The van der Waals surface area contributed by atoms with Crippen molar-refractivity contribution in [3.8, 4) is 5.75 Å². The Bertz CT molecular complexity index is 634. The van der Waals surface area contributed by atoms with E-state index in [-0.39, 0.29) is 18.1 Å². The van der Waals surface area contributed by atoms with Crippen molar-refractivity contribution in [3.05, 3.63) is 29.3 Å². The summed E-state index contributed by atoms with van der Waals surface area (Å²) in [6.45, 7) is 3.28. The number of aliphatic hydroxyl groups is 1. The molecule has 0 spiro atoms.